The lowest BCUT2D eigenvalue weighted by atomic mass is 10.2. The SMILES string of the molecule is CCCc1nnc(SCc2ccc(Cl)cc2)n1/N=C/c1cc(Br)c(O)cc1O. The number of phenols is 2. The summed E-state index contributed by atoms with van der Waals surface area (Å²) in [6.07, 6.45) is 3.16. The molecule has 0 radical (unpaired) electrons. The van der Waals surface area contributed by atoms with Crippen LogP contribution in [0.15, 0.2) is 51.1 Å². The molecule has 3 rings (SSSR count). The predicted octanol–water partition coefficient (Wildman–Crippen LogP) is 5.23. The van der Waals surface area contributed by atoms with E-state index in [1.807, 2.05) is 24.3 Å². The van der Waals surface area contributed by atoms with Gasteiger partial charge in [0.25, 0.3) is 0 Å². The van der Waals surface area contributed by atoms with Gasteiger partial charge in [-0.25, -0.2) is 0 Å². The van der Waals surface area contributed by atoms with E-state index >= 15 is 0 Å². The van der Waals surface area contributed by atoms with Crippen LogP contribution in [0.25, 0.3) is 0 Å². The summed E-state index contributed by atoms with van der Waals surface area (Å²) >= 11 is 10.7. The molecule has 0 unspecified atom stereocenters. The molecular weight excluding hydrogens is 464 g/mol. The first-order chi connectivity index (χ1) is 13.5. The first-order valence-electron chi connectivity index (χ1n) is 8.55. The van der Waals surface area contributed by atoms with Crippen molar-refractivity contribution < 1.29 is 10.2 Å². The van der Waals surface area contributed by atoms with Crippen LogP contribution in [-0.2, 0) is 12.2 Å². The Balaban J connectivity index is 1.85. The second-order valence-electron chi connectivity index (χ2n) is 5.98. The van der Waals surface area contributed by atoms with E-state index < -0.39 is 0 Å². The Bertz CT molecular complexity index is 992. The lowest BCUT2D eigenvalue weighted by Gasteiger charge is -2.05. The van der Waals surface area contributed by atoms with Gasteiger partial charge in [-0.05, 0) is 46.1 Å². The minimum atomic E-state index is -0.0649. The highest BCUT2D eigenvalue weighted by Gasteiger charge is 2.12. The van der Waals surface area contributed by atoms with Crippen LogP contribution in [0.2, 0.25) is 5.02 Å². The van der Waals surface area contributed by atoms with Crippen molar-refractivity contribution in [2.75, 3.05) is 0 Å². The van der Waals surface area contributed by atoms with E-state index in [1.54, 1.807) is 10.7 Å². The van der Waals surface area contributed by atoms with Crippen molar-refractivity contribution in [3.8, 4) is 11.5 Å². The van der Waals surface area contributed by atoms with Gasteiger partial charge < -0.3 is 10.2 Å². The number of phenolic OH excluding ortho intramolecular Hbond substituents is 2. The van der Waals surface area contributed by atoms with Crippen LogP contribution in [0, 0.1) is 0 Å². The molecule has 9 heteroatoms. The van der Waals surface area contributed by atoms with Gasteiger partial charge in [-0.3, -0.25) is 0 Å². The minimum Gasteiger partial charge on any atom is -0.507 e. The van der Waals surface area contributed by atoms with Crippen LogP contribution < -0.4 is 0 Å². The molecule has 0 fully saturated rings. The zero-order valence-corrected chi connectivity index (χ0v) is 18.2. The summed E-state index contributed by atoms with van der Waals surface area (Å²) in [4.78, 5) is 0. The number of aromatic nitrogens is 3. The maximum absolute atomic E-state index is 10.0. The van der Waals surface area contributed by atoms with Gasteiger partial charge in [0.15, 0.2) is 5.82 Å². The Morgan fingerprint density at radius 1 is 1.18 bits per heavy atom. The van der Waals surface area contributed by atoms with Gasteiger partial charge in [0, 0.05) is 28.8 Å². The molecule has 0 atom stereocenters. The van der Waals surface area contributed by atoms with Crippen molar-refractivity contribution in [2.45, 2.75) is 30.7 Å². The summed E-state index contributed by atoms with van der Waals surface area (Å²) in [5.41, 5.74) is 1.58. The fourth-order valence-electron chi connectivity index (χ4n) is 2.40. The molecule has 0 saturated carbocycles. The zero-order valence-electron chi connectivity index (χ0n) is 15.0. The standard InChI is InChI=1S/C19H18BrClN4O2S/c1-2-3-18-23-24-19(28-11-12-4-6-14(21)7-5-12)25(18)22-10-13-8-15(20)17(27)9-16(13)26/h4-10,26-27H,2-3,11H2,1H3/b22-10+. The van der Waals surface area contributed by atoms with E-state index in [0.29, 0.717) is 26.0 Å². The van der Waals surface area contributed by atoms with Gasteiger partial charge in [-0.2, -0.15) is 9.78 Å². The summed E-state index contributed by atoms with van der Waals surface area (Å²) in [7, 11) is 0. The monoisotopic (exact) mass is 480 g/mol. The molecule has 3 aromatic rings. The van der Waals surface area contributed by atoms with Crippen LogP contribution in [0.5, 0.6) is 11.5 Å². The number of aryl methyl sites for hydroxylation is 1. The highest BCUT2D eigenvalue weighted by molar-refractivity contribution is 9.10. The van der Waals surface area contributed by atoms with Crippen molar-refractivity contribution in [1.29, 1.82) is 0 Å². The van der Waals surface area contributed by atoms with E-state index in [2.05, 4.69) is 38.2 Å². The third-order valence-electron chi connectivity index (χ3n) is 3.84. The average molecular weight is 482 g/mol. The minimum absolute atomic E-state index is 0.0372. The number of nitrogens with zero attached hydrogens (tertiary/aromatic N) is 4. The lowest BCUT2D eigenvalue weighted by Crippen LogP contribution is -2.00. The summed E-state index contributed by atoms with van der Waals surface area (Å²) in [6.45, 7) is 2.06. The molecular formula is C19H18BrClN4O2S. The van der Waals surface area contributed by atoms with E-state index in [-0.39, 0.29) is 11.5 Å². The van der Waals surface area contributed by atoms with Gasteiger partial charge >= 0.3 is 0 Å². The van der Waals surface area contributed by atoms with Crippen molar-refractivity contribution in [3.05, 3.63) is 62.8 Å². The number of benzene rings is 2. The Morgan fingerprint density at radius 2 is 1.93 bits per heavy atom. The predicted molar refractivity (Wildman–Crippen MR) is 115 cm³/mol. The van der Waals surface area contributed by atoms with Crippen LogP contribution in [0.1, 0.15) is 30.3 Å². The summed E-state index contributed by atoms with van der Waals surface area (Å²) in [5, 5.41) is 34.0. The Hall–Kier alpha value is -2.03. The number of rotatable bonds is 7. The fourth-order valence-corrected chi connectivity index (χ4v) is 3.75. The van der Waals surface area contributed by atoms with Crippen LogP contribution in [0.4, 0.5) is 0 Å². The third-order valence-corrected chi connectivity index (χ3v) is 5.72. The van der Waals surface area contributed by atoms with Crippen LogP contribution in [-0.4, -0.2) is 31.3 Å². The maximum atomic E-state index is 10.0. The van der Waals surface area contributed by atoms with E-state index in [9.17, 15) is 10.2 Å². The molecule has 2 N–H and O–H groups in total. The van der Waals surface area contributed by atoms with E-state index in [4.69, 9.17) is 11.6 Å². The molecule has 0 aliphatic heterocycles. The molecule has 0 aliphatic carbocycles. The number of hydrogen-bond acceptors (Lipinski definition) is 6. The van der Waals surface area contributed by atoms with Crippen molar-refractivity contribution in [2.24, 2.45) is 5.10 Å². The quantitative estimate of drug-likeness (QED) is 0.356. The second kappa shape index (κ2) is 9.45. The second-order valence-corrected chi connectivity index (χ2v) is 8.22. The van der Waals surface area contributed by atoms with Crippen LogP contribution >= 0.6 is 39.3 Å². The summed E-state index contributed by atoms with van der Waals surface area (Å²) in [5.74, 6) is 1.34. The smallest absolute Gasteiger partial charge is 0.212 e. The summed E-state index contributed by atoms with van der Waals surface area (Å²) in [6, 6.07) is 10.5. The Labute approximate surface area is 180 Å². The van der Waals surface area contributed by atoms with Gasteiger partial charge in [0.2, 0.25) is 5.16 Å². The average Bonchev–Trinajstić information content (AvgIpc) is 3.05. The third kappa shape index (κ3) is 5.06. The molecule has 6 nitrogen and oxygen atoms in total. The lowest BCUT2D eigenvalue weighted by molar-refractivity contribution is 0.448. The first-order valence-corrected chi connectivity index (χ1v) is 10.7. The molecule has 0 bridgehead atoms. The molecule has 1 heterocycles. The molecule has 146 valence electrons. The number of hydrogen-bond donors (Lipinski definition) is 2. The topological polar surface area (TPSA) is 83.5 Å². The van der Waals surface area contributed by atoms with Gasteiger partial charge in [0.05, 0.1) is 10.7 Å². The zero-order chi connectivity index (χ0) is 20.1. The van der Waals surface area contributed by atoms with Crippen molar-refractivity contribution >= 4 is 45.5 Å². The van der Waals surface area contributed by atoms with E-state index in [0.717, 1.165) is 24.2 Å². The fraction of sp³-hybridized carbons (Fsp3) is 0.211. The van der Waals surface area contributed by atoms with Crippen molar-refractivity contribution in [1.82, 2.24) is 14.9 Å². The molecule has 0 saturated heterocycles. The van der Waals surface area contributed by atoms with Crippen molar-refractivity contribution in [3.63, 3.8) is 0 Å². The number of aromatic hydroxyl groups is 2. The molecule has 28 heavy (non-hydrogen) atoms. The summed E-state index contributed by atoms with van der Waals surface area (Å²) < 4.78 is 2.16. The molecule has 0 aliphatic rings. The van der Waals surface area contributed by atoms with Crippen LogP contribution in [0.3, 0.4) is 0 Å². The van der Waals surface area contributed by atoms with Gasteiger partial charge in [-0.15, -0.1) is 10.2 Å². The highest BCUT2D eigenvalue weighted by atomic mass is 79.9. The highest BCUT2D eigenvalue weighted by Crippen LogP contribution is 2.30. The van der Waals surface area contributed by atoms with Gasteiger partial charge in [-0.1, -0.05) is 42.4 Å². The normalized spacial score (nSPS) is 11.4. The largest absolute Gasteiger partial charge is 0.507 e. The maximum Gasteiger partial charge on any atom is 0.212 e. The number of thioether (sulfide) groups is 1. The Kier molecular flexibility index (Phi) is 6.98. The molecule has 0 spiro atoms. The van der Waals surface area contributed by atoms with Gasteiger partial charge in [0.1, 0.15) is 11.5 Å². The molecule has 0 amide bonds. The van der Waals surface area contributed by atoms with E-state index in [1.165, 1.54) is 24.0 Å². The molecule has 1 aromatic heterocycles. The first kappa shape index (κ1) is 20.7. The molecule has 2 aromatic carbocycles. The number of halogens is 2. The Morgan fingerprint density at radius 3 is 2.64 bits per heavy atom.